The molecule has 0 radical (unpaired) electrons. The maximum atomic E-state index is 14.3. The van der Waals surface area contributed by atoms with Crippen LogP contribution in [0.2, 0.25) is 0 Å². The zero-order valence-electron chi connectivity index (χ0n) is 15.9. The van der Waals surface area contributed by atoms with Crippen molar-refractivity contribution in [3.63, 3.8) is 0 Å². The van der Waals surface area contributed by atoms with Gasteiger partial charge >= 0.3 is 0 Å². The van der Waals surface area contributed by atoms with Crippen molar-refractivity contribution in [1.29, 1.82) is 0 Å². The number of imidazole rings is 1. The van der Waals surface area contributed by atoms with E-state index in [9.17, 15) is 4.39 Å². The number of aryl methyl sites for hydroxylation is 1. The molecule has 150 valence electrons. The smallest absolute Gasteiger partial charge is 0.191 e. The van der Waals surface area contributed by atoms with Gasteiger partial charge in [-0.1, -0.05) is 6.07 Å². The number of hydrogen-bond acceptors (Lipinski definition) is 4. The fraction of sp³-hybridized carbons (Fsp3) is 0.316. The lowest BCUT2D eigenvalue weighted by Crippen LogP contribution is -2.38. The molecular formula is C19H24FIN6S. The molecule has 0 spiro atoms. The van der Waals surface area contributed by atoms with Crippen LogP contribution in [-0.2, 0) is 13.0 Å². The van der Waals surface area contributed by atoms with E-state index >= 15 is 0 Å². The van der Waals surface area contributed by atoms with Crippen LogP contribution >= 0.6 is 35.3 Å². The lowest BCUT2D eigenvalue weighted by atomic mass is 10.2. The van der Waals surface area contributed by atoms with Crippen molar-refractivity contribution in [3.8, 4) is 5.69 Å². The largest absolute Gasteiger partial charge is 0.357 e. The van der Waals surface area contributed by atoms with Crippen LogP contribution in [0.1, 0.15) is 22.4 Å². The van der Waals surface area contributed by atoms with E-state index in [0.717, 1.165) is 30.1 Å². The zero-order valence-corrected chi connectivity index (χ0v) is 19.0. The van der Waals surface area contributed by atoms with Gasteiger partial charge in [-0.25, -0.2) is 19.4 Å². The van der Waals surface area contributed by atoms with Crippen molar-refractivity contribution < 1.29 is 4.39 Å². The Morgan fingerprint density at radius 3 is 2.82 bits per heavy atom. The molecule has 0 atom stereocenters. The van der Waals surface area contributed by atoms with E-state index in [-0.39, 0.29) is 29.8 Å². The first-order valence-corrected chi connectivity index (χ1v) is 9.67. The molecule has 3 rings (SSSR count). The minimum atomic E-state index is -0.294. The molecule has 6 nitrogen and oxygen atoms in total. The summed E-state index contributed by atoms with van der Waals surface area (Å²) in [5.41, 5.74) is 1.29. The Hall–Kier alpha value is -2.01. The van der Waals surface area contributed by atoms with Crippen LogP contribution in [0, 0.1) is 12.7 Å². The summed E-state index contributed by atoms with van der Waals surface area (Å²) in [7, 11) is 0. The molecular weight excluding hydrogens is 490 g/mol. The van der Waals surface area contributed by atoms with Crippen LogP contribution in [0.3, 0.4) is 0 Å². The highest BCUT2D eigenvalue weighted by molar-refractivity contribution is 14.0. The fourth-order valence-electron chi connectivity index (χ4n) is 2.58. The number of nitrogens with zero attached hydrogens (tertiary/aromatic N) is 4. The van der Waals surface area contributed by atoms with Gasteiger partial charge < -0.3 is 15.2 Å². The third-order valence-corrected chi connectivity index (χ3v) is 4.83. The molecule has 0 saturated carbocycles. The number of aromatic nitrogens is 3. The van der Waals surface area contributed by atoms with Gasteiger partial charge in [-0.2, -0.15) is 0 Å². The number of nitrogens with one attached hydrogen (secondary N) is 2. The first kappa shape index (κ1) is 22.3. The van der Waals surface area contributed by atoms with Crippen LogP contribution in [0.4, 0.5) is 4.39 Å². The monoisotopic (exact) mass is 514 g/mol. The molecule has 2 heterocycles. The summed E-state index contributed by atoms with van der Waals surface area (Å²) in [4.78, 5) is 14.1. The van der Waals surface area contributed by atoms with E-state index < -0.39 is 0 Å². The first-order chi connectivity index (χ1) is 13.2. The Bertz CT molecular complexity index is 894. The molecule has 0 amide bonds. The summed E-state index contributed by atoms with van der Waals surface area (Å²) < 4.78 is 16.0. The van der Waals surface area contributed by atoms with Gasteiger partial charge in [0.05, 0.1) is 23.6 Å². The summed E-state index contributed by atoms with van der Waals surface area (Å²) in [6, 6.07) is 5.14. The molecule has 0 saturated heterocycles. The van der Waals surface area contributed by atoms with Crippen LogP contribution in [0.25, 0.3) is 5.69 Å². The Morgan fingerprint density at radius 2 is 2.18 bits per heavy atom. The Labute approximate surface area is 185 Å². The third kappa shape index (κ3) is 6.26. The van der Waals surface area contributed by atoms with Crippen molar-refractivity contribution in [2.75, 3.05) is 13.1 Å². The Balaban J connectivity index is 0.00000280. The van der Waals surface area contributed by atoms with Gasteiger partial charge in [0.1, 0.15) is 5.82 Å². The summed E-state index contributed by atoms with van der Waals surface area (Å²) in [6.07, 6.45) is 7.65. The van der Waals surface area contributed by atoms with Gasteiger partial charge in [-0.15, -0.1) is 35.3 Å². The standard InChI is InChI=1S/C19H23FN6S.HI/c1-3-22-19(23-7-6-18-24-11-14(2)27-18)25-12-15-4-5-17(16(20)10-15)26-9-8-21-13-26;/h4-5,8-11,13H,3,6-7,12H2,1-2H3,(H2,22,23,25);1H. The molecule has 1 aromatic carbocycles. The topological polar surface area (TPSA) is 67.1 Å². The molecule has 0 aliphatic rings. The number of hydrogen-bond donors (Lipinski definition) is 2. The van der Waals surface area contributed by atoms with E-state index in [1.807, 2.05) is 19.2 Å². The zero-order chi connectivity index (χ0) is 19.1. The number of guanidine groups is 1. The predicted molar refractivity (Wildman–Crippen MR) is 122 cm³/mol. The summed E-state index contributed by atoms with van der Waals surface area (Å²) in [5, 5.41) is 7.61. The van der Waals surface area contributed by atoms with E-state index in [0.29, 0.717) is 18.2 Å². The second kappa shape index (κ2) is 11.1. The molecule has 2 aromatic heterocycles. The molecule has 0 bridgehead atoms. The van der Waals surface area contributed by atoms with Crippen molar-refractivity contribution in [3.05, 3.63) is 64.4 Å². The minimum Gasteiger partial charge on any atom is -0.357 e. The maximum absolute atomic E-state index is 14.3. The van der Waals surface area contributed by atoms with E-state index in [1.54, 1.807) is 40.7 Å². The number of halogens is 2. The summed E-state index contributed by atoms with van der Waals surface area (Å²) >= 11 is 1.71. The molecule has 0 fully saturated rings. The highest BCUT2D eigenvalue weighted by atomic mass is 127. The molecule has 2 N–H and O–H groups in total. The lowest BCUT2D eigenvalue weighted by Gasteiger charge is -2.11. The van der Waals surface area contributed by atoms with Crippen molar-refractivity contribution >= 4 is 41.3 Å². The fourth-order valence-corrected chi connectivity index (χ4v) is 3.36. The first-order valence-electron chi connectivity index (χ1n) is 8.86. The van der Waals surface area contributed by atoms with Gasteiger partial charge in [0.2, 0.25) is 0 Å². The van der Waals surface area contributed by atoms with E-state index in [4.69, 9.17) is 0 Å². The lowest BCUT2D eigenvalue weighted by molar-refractivity contribution is 0.615. The second-order valence-corrected chi connectivity index (χ2v) is 7.31. The molecule has 0 aliphatic heterocycles. The van der Waals surface area contributed by atoms with Crippen molar-refractivity contribution in [2.45, 2.75) is 26.8 Å². The number of benzene rings is 1. The van der Waals surface area contributed by atoms with E-state index in [2.05, 4.69) is 32.5 Å². The molecule has 28 heavy (non-hydrogen) atoms. The highest BCUT2D eigenvalue weighted by Gasteiger charge is 2.06. The van der Waals surface area contributed by atoms with Gasteiger partial charge in [-0.3, -0.25) is 0 Å². The SMILES string of the molecule is CCNC(=NCc1ccc(-n2ccnc2)c(F)c1)NCCc1ncc(C)s1.I. The van der Waals surface area contributed by atoms with Crippen LogP contribution in [0.15, 0.2) is 48.1 Å². The van der Waals surface area contributed by atoms with Gasteiger partial charge in [0.25, 0.3) is 0 Å². The van der Waals surface area contributed by atoms with Crippen LogP contribution in [-0.4, -0.2) is 33.6 Å². The third-order valence-electron chi connectivity index (χ3n) is 3.86. The van der Waals surface area contributed by atoms with Crippen molar-refractivity contribution in [2.24, 2.45) is 4.99 Å². The molecule has 9 heteroatoms. The quantitative estimate of drug-likeness (QED) is 0.287. The molecule has 3 aromatic rings. The maximum Gasteiger partial charge on any atom is 0.191 e. The minimum absolute atomic E-state index is 0. The highest BCUT2D eigenvalue weighted by Crippen LogP contribution is 2.15. The number of aliphatic imine (C=N–C) groups is 1. The average molecular weight is 514 g/mol. The van der Waals surface area contributed by atoms with Crippen LogP contribution < -0.4 is 10.6 Å². The van der Waals surface area contributed by atoms with Gasteiger partial charge in [-0.05, 0) is 31.5 Å². The van der Waals surface area contributed by atoms with Gasteiger partial charge in [0.15, 0.2) is 5.96 Å². The number of rotatable bonds is 7. The van der Waals surface area contributed by atoms with E-state index in [1.165, 1.54) is 10.9 Å². The normalized spacial score (nSPS) is 11.2. The number of thiazole rings is 1. The van der Waals surface area contributed by atoms with Crippen molar-refractivity contribution in [1.82, 2.24) is 25.2 Å². The van der Waals surface area contributed by atoms with Crippen LogP contribution in [0.5, 0.6) is 0 Å². The van der Waals surface area contributed by atoms with Gasteiger partial charge in [0, 0.05) is 43.0 Å². The Kier molecular flexibility index (Phi) is 8.84. The summed E-state index contributed by atoms with van der Waals surface area (Å²) in [6.45, 7) is 5.97. The predicted octanol–water partition coefficient (Wildman–Crippen LogP) is 3.69. The Morgan fingerprint density at radius 1 is 1.32 bits per heavy atom. The molecule has 0 aliphatic carbocycles. The molecule has 0 unspecified atom stereocenters. The average Bonchev–Trinajstić information content (AvgIpc) is 3.32. The summed E-state index contributed by atoms with van der Waals surface area (Å²) in [5.74, 6) is 0.419. The second-order valence-electron chi connectivity index (χ2n) is 5.99.